The van der Waals surface area contributed by atoms with Crippen LogP contribution in [0.3, 0.4) is 0 Å². The lowest BCUT2D eigenvalue weighted by atomic mass is 10.1. The molecule has 16 heteroatoms. The Morgan fingerprint density at radius 3 is 1.22 bits per heavy atom. The van der Waals surface area contributed by atoms with E-state index in [4.69, 9.17) is 28.5 Å². The number of benzene rings is 4. The highest BCUT2D eigenvalue weighted by molar-refractivity contribution is 7.85. The molecule has 4 aromatic heterocycles. The molecule has 2 saturated heterocycles. The Kier molecular flexibility index (Phi) is 15.0. The molecule has 6 heterocycles. The number of pyridine rings is 2. The average Bonchev–Trinajstić information content (AvgIpc) is 3.85. The second kappa shape index (κ2) is 20.6. The van der Waals surface area contributed by atoms with Gasteiger partial charge in [-0.15, -0.1) is 0 Å². The van der Waals surface area contributed by atoms with Gasteiger partial charge in [0.25, 0.3) is 20.2 Å². The van der Waals surface area contributed by atoms with E-state index in [1.165, 1.54) is 108 Å². The maximum Gasteiger partial charge on any atom is 0.261 e. The number of hydrogen-bond acceptors (Lipinski definition) is 10. The number of likely N-dealkylation sites (tertiary alicyclic amines) is 2. The molecule has 0 saturated carbocycles. The highest BCUT2D eigenvalue weighted by Gasteiger charge is 2.15. The van der Waals surface area contributed by atoms with Gasteiger partial charge in [-0.05, 0) is 123 Å². The van der Waals surface area contributed by atoms with Crippen molar-refractivity contribution in [2.24, 2.45) is 0 Å². The van der Waals surface area contributed by atoms with Crippen molar-refractivity contribution >= 4 is 85.4 Å². The first kappa shape index (κ1) is 46.6. The van der Waals surface area contributed by atoms with Crippen molar-refractivity contribution in [3.05, 3.63) is 97.6 Å². The molecule has 0 amide bonds. The summed E-state index contributed by atoms with van der Waals surface area (Å²) in [7, 11) is -3.90. The lowest BCUT2D eigenvalue weighted by Gasteiger charge is -2.26. The summed E-state index contributed by atoms with van der Waals surface area (Å²) >= 11 is 0. The Bertz CT molecular complexity index is 2880. The van der Waals surface area contributed by atoms with Crippen molar-refractivity contribution in [3.8, 4) is 11.5 Å². The van der Waals surface area contributed by atoms with E-state index in [-0.39, 0.29) is 0 Å². The van der Waals surface area contributed by atoms with Crippen LogP contribution in [0.25, 0.3) is 65.2 Å². The molecule has 14 nitrogen and oxygen atoms in total. The maximum atomic E-state index is 9.19. The van der Waals surface area contributed by atoms with E-state index in [1.54, 1.807) is 14.2 Å². The molecule has 2 aliphatic heterocycles. The van der Waals surface area contributed by atoms with Gasteiger partial charge in [0.15, 0.2) is 0 Å². The molecule has 8 aromatic rings. The van der Waals surface area contributed by atoms with E-state index >= 15 is 0 Å². The fraction of sp³-hybridized carbons (Fsp3) is 0.375. The van der Waals surface area contributed by atoms with Crippen molar-refractivity contribution in [2.45, 2.75) is 51.6 Å². The van der Waals surface area contributed by atoms with Gasteiger partial charge in [0.2, 0.25) is 0 Å². The van der Waals surface area contributed by atoms with Gasteiger partial charge < -0.3 is 28.4 Å². The summed E-state index contributed by atoms with van der Waals surface area (Å²) in [5, 5.41) is 9.85. The number of fused-ring (bicyclic) bond motifs is 10. The Hall–Kier alpha value is -5.36. The zero-order valence-electron chi connectivity index (χ0n) is 37.0. The van der Waals surface area contributed by atoms with Gasteiger partial charge in [-0.25, -0.2) is 9.97 Å². The van der Waals surface area contributed by atoms with Crippen LogP contribution in [0.2, 0.25) is 0 Å². The summed E-state index contributed by atoms with van der Waals surface area (Å²) in [6.45, 7) is 9.29. The fourth-order valence-electron chi connectivity index (χ4n) is 8.64. The first-order valence-corrected chi connectivity index (χ1v) is 25.3. The number of nitrogens with zero attached hydrogens (tertiary/aromatic N) is 6. The van der Waals surface area contributed by atoms with E-state index in [9.17, 15) is 16.8 Å². The lowest BCUT2D eigenvalue weighted by molar-refractivity contribution is 0.221. The zero-order chi connectivity index (χ0) is 45.4. The molecule has 0 aliphatic carbocycles. The second-order valence-electron chi connectivity index (χ2n) is 16.6. The summed E-state index contributed by atoms with van der Waals surface area (Å²) < 4.78 is 67.3. The number of hydrogen-bond donors (Lipinski definition) is 2. The van der Waals surface area contributed by atoms with Crippen LogP contribution in [0.4, 0.5) is 0 Å². The molecule has 340 valence electrons. The molecule has 0 bridgehead atoms. The van der Waals surface area contributed by atoms with Gasteiger partial charge in [0.1, 0.15) is 11.5 Å². The predicted octanol–water partition coefficient (Wildman–Crippen LogP) is 8.68. The molecule has 0 atom stereocenters. The van der Waals surface area contributed by atoms with E-state index in [2.05, 4.69) is 92.3 Å². The number of ether oxygens (including phenoxy) is 2. The summed E-state index contributed by atoms with van der Waals surface area (Å²) in [6.07, 6.45) is 18.6. The van der Waals surface area contributed by atoms with Crippen LogP contribution in [0.5, 0.6) is 11.5 Å². The predicted molar refractivity (Wildman–Crippen MR) is 258 cm³/mol. The topological polar surface area (TPSA) is 169 Å². The normalized spacial score (nSPS) is 15.1. The molecular formula is C48H58N6O8S2. The number of methoxy groups -OCH3 is 2. The molecule has 2 N–H and O–H groups in total. The van der Waals surface area contributed by atoms with Crippen molar-refractivity contribution < 1.29 is 35.4 Å². The Morgan fingerprint density at radius 2 is 0.859 bits per heavy atom. The minimum absolute atomic E-state index is 0.715. The zero-order valence-corrected chi connectivity index (χ0v) is 38.6. The van der Waals surface area contributed by atoms with Crippen LogP contribution in [-0.2, 0) is 33.3 Å². The highest BCUT2D eigenvalue weighted by atomic mass is 32.2. The minimum Gasteiger partial charge on any atom is -0.497 e. The van der Waals surface area contributed by atoms with E-state index in [0.29, 0.717) is 12.5 Å². The largest absolute Gasteiger partial charge is 0.497 e. The SMILES string of the molecule is COc1ccc2nc3ccc4ccn(CCN5CCCCC5)cc4c3c2c1.COc1ccc2nc3ccc4ccn(CCN5CCCCC5)cc4c3c2c1.CS(=O)(=O)O.CS(=O)(=O)O. The minimum atomic E-state index is -3.67. The summed E-state index contributed by atoms with van der Waals surface area (Å²) in [4.78, 5) is 14.8. The maximum absolute atomic E-state index is 9.19. The van der Waals surface area contributed by atoms with Crippen LogP contribution >= 0.6 is 0 Å². The van der Waals surface area contributed by atoms with Crippen LogP contribution in [0.15, 0.2) is 97.6 Å². The van der Waals surface area contributed by atoms with Crippen LogP contribution in [0.1, 0.15) is 38.5 Å². The molecule has 2 fully saturated rings. The Balaban J connectivity index is 0.000000158. The molecular weight excluding hydrogens is 853 g/mol. The molecule has 64 heavy (non-hydrogen) atoms. The third kappa shape index (κ3) is 12.5. The van der Waals surface area contributed by atoms with Gasteiger partial charge >= 0.3 is 0 Å². The second-order valence-corrected chi connectivity index (χ2v) is 19.5. The molecule has 10 rings (SSSR count). The molecule has 0 radical (unpaired) electrons. The summed E-state index contributed by atoms with van der Waals surface area (Å²) in [5.74, 6) is 1.76. The van der Waals surface area contributed by atoms with Gasteiger partial charge in [0.05, 0.1) is 48.8 Å². The first-order chi connectivity index (χ1) is 30.6. The number of rotatable bonds is 8. The Labute approximate surface area is 374 Å². The first-order valence-electron chi connectivity index (χ1n) is 21.6. The van der Waals surface area contributed by atoms with Crippen molar-refractivity contribution in [1.82, 2.24) is 28.9 Å². The smallest absolute Gasteiger partial charge is 0.261 e. The van der Waals surface area contributed by atoms with Crippen LogP contribution < -0.4 is 9.47 Å². The van der Waals surface area contributed by atoms with Gasteiger partial charge in [-0.2, -0.15) is 16.8 Å². The molecule has 0 spiro atoms. The van der Waals surface area contributed by atoms with Crippen molar-refractivity contribution in [1.29, 1.82) is 0 Å². The average molecular weight is 911 g/mol. The quantitative estimate of drug-likeness (QED) is 0.139. The summed E-state index contributed by atoms with van der Waals surface area (Å²) in [5.41, 5.74) is 4.17. The van der Waals surface area contributed by atoms with Crippen molar-refractivity contribution in [3.63, 3.8) is 0 Å². The monoisotopic (exact) mass is 910 g/mol. The van der Waals surface area contributed by atoms with Crippen LogP contribution in [0, 0.1) is 0 Å². The van der Waals surface area contributed by atoms with Gasteiger partial charge in [0, 0.05) is 83.3 Å². The van der Waals surface area contributed by atoms with E-state index < -0.39 is 20.2 Å². The Morgan fingerprint density at radius 1 is 0.500 bits per heavy atom. The van der Waals surface area contributed by atoms with Crippen molar-refractivity contribution in [2.75, 3.05) is 66.0 Å². The standard InChI is InChI=1S/2C23H25N3O.2CH4O3S/c2*1-27-18-6-8-21-19(15-18)23-20-16-26(14-13-25-10-3-2-4-11-25)12-9-17(20)5-7-22(23)24-21;2*1-5(2,3)4/h2*5-9,12,15-16H,2-4,10-11,13-14H2,1H3;2*1H3,(H,2,3,4). The lowest BCUT2D eigenvalue weighted by Crippen LogP contribution is -2.32. The van der Waals surface area contributed by atoms with E-state index in [1.807, 2.05) is 24.3 Å². The third-order valence-electron chi connectivity index (χ3n) is 11.7. The molecule has 4 aromatic carbocycles. The number of piperidine rings is 2. The highest BCUT2D eigenvalue weighted by Crippen LogP contribution is 2.35. The third-order valence-corrected chi connectivity index (χ3v) is 11.7. The molecule has 0 unspecified atom stereocenters. The summed E-state index contributed by atoms with van der Waals surface area (Å²) in [6, 6.07) is 25.3. The molecule has 2 aliphatic rings. The number of aromatic nitrogens is 4. The van der Waals surface area contributed by atoms with E-state index in [0.717, 1.165) is 59.7 Å². The van der Waals surface area contributed by atoms with Gasteiger partial charge in [-0.1, -0.05) is 25.0 Å². The van der Waals surface area contributed by atoms with Gasteiger partial charge in [-0.3, -0.25) is 9.11 Å². The van der Waals surface area contributed by atoms with Crippen LogP contribution in [-0.4, -0.2) is 121 Å². The fourth-order valence-corrected chi connectivity index (χ4v) is 8.64.